The smallest absolute Gasteiger partial charge is 2.00 e. The first kappa shape index (κ1) is 627. The van der Waals surface area contributed by atoms with Gasteiger partial charge in [-0.1, -0.05) is 0 Å². The average Bonchev–Trinajstić information content (AvgIpc) is 0. The second kappa shape index (κ2) is 560. The van der Waals surface area contributed by atoms with Crippen LogP contribution in [0.3, 0.4) is 0 Å². The van der Waals surface area contributed by atoms with E-state index in [-0.39, 0.29) is 264 Å². The molecule has 0 aliphatic rings. The molecule has 0 amide bonds. The Bertz CT molecular complexity index is 28.8. The summed E-state index contributed by atoms with van der Waals surface area (Å²) in [6.45, 7) is 0. The van der Waals surface area contributed by atoms with E-state index in [1.807, 2.05) is 0 Å². The molecular formula is Cr4Na4O14. The fraction of sp³-hybridized carbons (Fsp3) is 0. The first-order valence-electron chi connectivity index (χ1n) is 0. The monoisotopic (exact) mass is 524 g/mol. The maximum atomic E-state index is 0. The van der Waals surface area contributed by atoms with Gasteiger partial charge in [0.15, 0.2) is 0 Å². The van der Waals surface area contributed by atoms with Gasteiger partial charge in [0.05, 0.1) is 0 Å². The normalized spacial score (nSPS) is 0. The Balaban J connectivity index is 0. The van der Waals surface area contributed by atoms with Crippen molar-refractivity contribution in [3.8, 4) is 0 Å². The van der Waals surface area contributed by atoms with Gasteiger partial charge in [0, 0.05) is 0 Å². The predicted molar refractivity (Wildman–Crippen MR) is 9.61 cm³/mol. The quantitative estimate of drug-likeness (QED) is 0.267. The molecule has 0 N–H and O–H groups in total. The first-order valence-corrected chi connectivity index (χ1v) is 0. The minimum absolute atomic E-state index is 0. The van der Waals surface area contributed by atoms with Crippen LogP contribution in [0.25, 0.3) is 0 Å². The Morgan fingerprint density at radius 3 is 0.136 bits per heavy atom. The van der Waals surface area contributed by atoms with Gasteiger partial charge in [-0.3, -0.25) is 0 Å². The van der Waals surface area contributed by atoms with Crippen molar-refractivity contribution >= 4 is 0 Å². The molecule has 0 aromatic heterocycles. The summed E-state index contributed by atoms with van der Waals surface area (Å²) in [6, 6.07) is 0. The minimum Gasteiger partial charge on any atom is -2.00 e. The molecule has 112 valence electrons. The molecule has 0 fully saturated rings. The van der Waals surface area contributed by atoms with Crippen LogP contribution in [0.2, 0.25) is 0 Å². The third-order valence-electron chi connectivity index (χ3n) is 0. The molecule has 0 aliphatic heterocycles. The molecule has 0 bridgehead atoms. The van der Waals surface area contributed by atoms with Crippen LogP contribution in [0.1, 0.15) is 0 Å². The zero-order chi connectivity index (χ0) is 0. The number of rotatable bonds is 0. The van der Waals surface area contributed by atoms with E-state index in [4.69, 9.17) is 0 Å². The predicted octanol–water partition coefficient (Wildman–Crippen LogP) is -13.7. The summed E-state index contributed by atoms with van der Waals surface area (Å²) in [4.78, 5) is 0. The molecule has 22 heavy (non-hydrogen) atoms. The van der Waals surface area contributed by atoms with Crippen LogP contribution in [0, 0.1) is 0 Å². The third kappa shape index (κ3) is 498. The third-order valence-corrected chi connectivity index (χ3v) is 0. The van der Waals surface area contributed by atoms with Gasteiger partial charge in [-0.2, -0.15) is 0 Å². The fourth-order valence-electron chi connectivity index (χ4n) is 0. The van der Waals surface area contributed by atoms with E-state index in [1.165, 1.54) is 0 Å². The van der Waals surface area contributed by atoms with Crippen molar-refractivity contribution in [2.75, 3.05) is 0 Å². The molecule has 0 radical (unpaired) electrons. The van der Waals surface area contributed by atoms with E-state index in [2.05, 4.69) is 0 Å². The van der Waals surface area contributed by atoms with Gasteiger partial charge in [-0.15, -0.1) is 0 Å². The minimum atomic E-state index is 0. The van der Waals surface area contributed by atoms with Gasteiger partial charge in [-0.25, -0.2) is 0 Å². The molecule has 0 aliphatic carbocycles. The van der Waals surface area contributed by atoms with Crippen LogP contribution in [0.5, 0.6) is 0 Å². The summed E-state index contributed by atoms with van der Waals surface area (Å²) < 4.78 is 0. The second-order valence-corrected chi connectivity index (χ2v) is 0. The second-order valence-electron chi connectivity index (χ2n) is 0. The van der Waals surface area contributed by atoms with Gasteiger partial charge in [0.25, 0.3) is 0 Å². The van der Waals surface area contributed by atoms with Gasteiger partial charge >= 0.3 is 188 Å². The van der Waals surface area contributed by atoms with Crippen LogP contribution in [0.4, 0.5) is 0 Å². The maximum Gasteiger partial charge on any atom is 6.00 e. The summed E-state index contributed by atoms with van der Waals surface area (Å²) in [7, 11) is 0. The van der Waals surface area contributed by atoms with Crippen molar-refractivity contribution in [1.29, 1.82) is 0 Å². The maximum absolute atomic E-state index is 0. The fourth-order valence-corrected chi connectivity index (χ4v) is 0. The van der Waals surface area contributed by atoms with Gasteiger partial charge in [0.1, 0.15) is 0 Å². The molecular weight excluding hydrogens is 524 g/mol. The average molecular weight is 524 g/mol. The summed E-state index contributed by atoms with van der Waals surface area (Å²) in [5.41, 5.74) is 0. The van der Waals surface area contributed by atoms with Crippen LogP contribution < -0.4 is 118 Å². The molecule has 0 atom stereocenters. The zero-order valence-corrected chi connectivity index (χ0v) is 24.4. The van der Waals surface area contributed by atoms with E-state index in [1.54, 1.807) is 0 Å². The first-order chi connectivity index (χ1) is 0. The number of hydrogen-bond acceptors (Lipinski definition) is 0. The van der Waals surface area contributed by atoms with Crippen LogP contribution in [-0.2, 0) is 146 Å². The Hall–Kier alpha value is 5.57. The SMILES string of the molecule is [Cr+6].[Cr+6].[Cr+6].[Cr+6].[Na+].[Na+].[Na+].[Na+].[O-2].[O-2].[O-2].[O-2].[O-2].[O-2].[O-2].[O-2].[O-2].[O-2].[O-2].[O-2].[O-2].[O-2]. The molecule has 0 saturated carbocycles. The Morgan fingerprint density at radius 2 is 0.136 bits per heavy atom. The van der Waals surface area contributed by atoms with E-state index in [9.17, 15) is 0 Å². The zero-order valence-electron chi connectivity index (χ0n) is 11.3. The largest absolute Gasteiger partial charge is 6.00 e. The summed E-state index contributed by atoms with van der Waals surface area (Å²) in [5.74, 6) is 0. The van der Waals surface area contributed by atoms with E-state index in [0.717, 1.165) is 0 Å². The Labute approximate surface area is 259 Å². The van der Waals surface area contributed by atoms with Crippen LogP contribution in [0.15, 0.2) is 0 Å². The molecule has 0 spiro atoms. The van der Waals surface area contributed by atoms with Gasteiger partial charge in [0.2, 0.25) is 0 Å². The molecule has 14 nitrogen and oxygen atoms in total. The summed E-state index contributed by atoms with van der Waals surface area (Å²) in [6.07, 6.45) is 0. The standard InChI is InChI=1S/4Cr.4Na.14O/q4*+6;4*+1;14*-2. The van der Waals surface area contributed by atoms with Crippen LogP contribution in [-0.4, -0.2) is 0 Å². The molecule has 0 unspecified atom stereocenters. The molecule has 22 heteroatoms. The molecule has 0 heterocycles. The van der Waals surface area contributed by atoms with Crippen molar-refractivity contribution in [2.24, 2.45) is 0 Å². The Kier molecular flexibility index (Phi) is 16000. The van der Waals surface area contributed by atoms with Crippen molar-refractivity contribution in [3.05, 3.63) is 0 Å². The summed E-state index contributed by atoms with van der Waals surface area (Å²) in [5, 5.41) is 0. The Morgan fingerprint density at radius 1 is 0.136 bits per heavy atom. The molecule has 0 saturated heterocycles. The van der Waals surface area contributed by atoms with E-state index < -0.39 is 0 Å². The van der Waals surface area contributed by atoms with E-state index >= 15 is 0 Å². The molecule has 0 rings (SSSR count). The van der Waals surface area contributed by atoms with Gasteiger partial charge < -0.3 is 76.7 Å². The van der Waals surface area contributed by atoms with Crippen LogP contribution >= 0.6 is 0 Å². The number of hydrogen-bond donors (Lipinski definition) is 0. The van der Waals surface area contributed by atoms with Crippen molar-refractivity contribution in [2.45, 2.75) is 0 Å². The van der Waals surface area contributed by atoms with Gasteiger partial charge in [-0.05, 0) is 0 Å². The molecule has 0 aromatic carbocycles. The summed E-state index contributed by atoms with van der Waals surface area (Å²) >= 11 is 0. The topological polar surface area (TPSA) is 399 Å². The van der Waals surface area contributed by atoms with E-state index in [0.29, 0.717) is 0 Å². The van der Waals surface area contributed by atoms with Crippen molar-refractivity contribution in [3.63, 3.8) is 0 Å². The van der Waals surface area contributed by atoms with Crippen molar-refractivity contribution in [1.82, 2.24) is 0 Å². The van der Waals surface area contributed by atoms with Crippen molar-refractivity contribution < 1.29 is 264 Å². The molecule has 0 aromatic rings.